The molecule has 1 fully saturated rings. The summed E-state index contributed by atoms with van der Waals surface area (Å²) in [4.78, 5) is 28.9. The van der Waals surface area contributed by atoms with Crippen LogP contribution in [0.2, 0.25) is 5.02 Å². The lowest BCUT2D eigenvalue weighted by Gasteiger charge is -2.41. The van der Waals surface area contributed by atoms with Gasteiger partial charge in [-0.25, -0.2) is 9.98 Å². The molecule has 1 saturated heterocycles. The van der Waals surface area contributed by atoms with Crippen molar-refractivity contribution in [3.05, 3.63) is 82.3 Å². The molecule has 202 valence electrons. The number of aliphatic imine (C=N–C) groups is 1. The van der Waals surface area contributed by atoms with Crippen LogP contribution in [0.1, 0.15) is 11.6 Å². The Kier molecular flexibility index (Phi) is 7.20. The second-order valence-corrected chi connectivity index (χ2v) is 10.3. The van der Waals surface area contributed by atoms with E-state index in [2.05, 4.69) is 9.88 Å². The van der Waals surface area contributed by atoms with Crippen molar-refractivity contribution in [3.8, 4) is 11.6 Å². The highest BCUT2D eigenvalue weighted by atomic mass is 35.5. The van der Waals surface area contributed by atoms with Crippen LogP contribution >= 0.6 is 23.2 Å². The molecule has 0 bridgehead atoms. The number of amidine groups is 1. The Bertz CT molecular complexity index is 1380. The van der Waals surface area contributed by atoms with E-state index in [0.29, 0.717) is 41.4 Å². The number of benzene rings is 1. The average Bonchev–Trinajstić information content (AvgIpc) is 3.34. The van der Waals surface area contributed by atoms with E-state index in [1.54, 1.807) is 24.3 Å². The van der Waals surface area contributed by atoms with E-state index in [1.807, 2.05) is 53.6 Å². The van der Waals surface area contributed by atoms with Crippen LogP contribution in [0.5, 0.6) is 11.6 Å². The SMILES string of the molecule is COc1ccc([C@@H]2C3C(=CCN2C(=O)COc2ccc(N4CCOCC4)cc2Cl)N=C2C=C(Cl)C=CN23)cn1. The molecule has 1 aromatic heterocycles. The molecule has 1 aromatic carbocycles. The summed E-state index contributed by atoms with van der Waals surface area (Å²) in [5, 5.41) is 1.06. The van der Waals surface area contributed by atoms with Crippen molar-refractivity contribution in [2.75, 3.05) is 51.5 Å². The second-order valence-electron chi connectivity index (χ2n) is 9.42. The number of aromatic nitrogens is 1. The van der Waals surface area contributed by atoms with Crippen molar-refractivity contribution >= 4 is 40.6 Å². The second kappa shape index (κ2) is 10.9. The third-order valence-electron chi connectivity index (χ3n) is 7.18. The lowest BCUT2D eigenvalue weighted by atomic mass is 9.92. The summed E-state index contributed by atoms with van der Waals surface area (Å²) < 4.78 is 16.6. The summed E-state index contributed by atoms with van der Waals surface area (Å²) in [5.41, 5.74) is 2.74. The molecule has 1 unspecified atom stereocenters. The predicted octanol–water partition coefficient (Wildman–Crippen LogP) is 4.16. The fourth-order valence-corrected chi connectivity index (χ4v) is 5.63. The average molecular weight is 568 g/mol. The van der Waals surface area contributed by atoms with E-state index in [-0.39, 0.29) is 24.6 Å². The monoisotopic (exact) mass is 567 g/mol. The number of fused-ring (bicyclic) bond motifs is 3. The van der Waals surface area contributed by atoms with Gasteiger partial charge in [0.15, 0.2) is 6.61 Å². The van der Waals surface area contributed by atoms with E-state index in [0.717, 1.165) is 35.9 Å². The number of halogens is 2. The van der Waals surface area contributed by atoms with Crippen molar-refractivity contribution in [2.24, 2.45) is 4.99 Å². The molecule has 0 saturated carbocycles. The number of carbonyl (C=O) groups is 1. The third kappa shape index (κ3) is 5.09. The quantitative estimate of drug-likeness (QED) is 0.518. The molecule has 4 aliphatic heterocycles. The summed E-state index contributed by atoms with van der Waals surface area (Å²) in [6.07, 6.45) is 9.25. The summed E-state index contributed by atoms with van der Waals surface area (Å²) in [7, 11) is 1.57. The molecule has 11 heteroatoms. The minimum Gasteiger partial charge on any atom is -0.482 e. The molecule has 0 aliphatic carbocycles. The van der Waals surface area contributed by atoms with Gasteiger partial charge in [-0.3, -0.25) is 4.79 Å². The molecule has 2 aromatic rings. The van der Waals surface area contributed by atoms with Gasteiger partial charge in [-0.05, 0) is 48.1 Å². The highest BCUT2D eigenvalue weighted by Crippen LogP contribution is 2.41. The minimum absolute atomic E-state index is 0.165. The first kappa shape index (κ1) is 25.7. The van der Waals surface area contributed by atoms with E-state index in [4.69, 9.17) is 42.4 Å². The number of anilines is 1. The molecule has 39 heavy (non-hydrogen) atoms. The lowest BCUT2D eigenvalue weighted by molar-refractivity contribution is -0.136. The van der Waals surface area contributed by atoms with Crippen LogP contribution in [0.4, 0.5) is 5.69 Å². The third-order valence-corrected chi connectivity index (χ3v) is 7.71. The maximum atomic E-state index is 13.7. The maximum absolute atomic E-state index is 13.7. The Balaban J connectivity index is 1.23. The molecule has 0 spiro atoms. The molecule has 2 atom stereocenters. The molecule has 0 radical (unpaired) electrons. The standard InChI is InChI=1S/C28H27Cl2N5O4/c1-37-25-5-2-18(16-31-25)27-28-22(32-24-14-19(29)6-8-34(24)28)7-9-35(27)26(36)17-39-23-4-3-20(15-21(23)30)33-10-12-38-13-11-33/h2-8,14-16,27-28H,9-13,17H2,1H3/t27-,28?/m1/s1. The zero-order valence-corrected chi connectivity index (χ0v) is 22.8. The van der Waals surface area contributed by atoms with Crippen LogP contribution in [-0.4, -0.2) is 79.1 Å². The van der Waals surface area contributed by atoms with Gasteiger partial charge in [0.05, 0.1) is 37.1 Å². The number of allylic oxidation sites excluding steroid dienone is 2. The molecular formula is C28H27Cl2N5O4. The Morgan fingerprint density at radius 2 is 2.00 bits per heavy atom. The normalized spacial score (nSPS) is 22.0. The first-order chi connectivity index (χ1) is 19.0. The minimum atomic E-state index is -0.366. The highest BCUT2D eigenvalue weighted by Gasteiger charge is 2.44. The number of ether oxygens (including phenoxy) is 3. The van der Waals surface area contributed by atoms with Gasteiger partial charge < -0.3 is 28.9 Å². The number of amides is 1. The molecule has 6 rings (SSSR count). The molecule has 0 N–H and O–H groups in total. The molecule has 1 amide bonds. The summed E-state index contributed by atoms with van der Waals surface area (Å²) in [6, 6.07) is 8.75. The lowest BCUT2D eigenvalue weighted by Crippen LogP contribution is -2.50. The van der Waals surface area contributed by atoms with Crippen molar-refractivity contribution in [3.63, 3.8) is 0 Å². The zero-order valence-electron chi connectivity index (χ0n) is 21.3. The van der Waals surface area contributed by atoms with Crippen molar-refractivity contribution in [1.29, 1.82) is 0 Å². The number of carbonyl (C=O) groups excluding carboxylic acids is 1. The topological polar surface area (TPSA) is 79.7 Å². The van der Waals surface area contributed by atoms with Gasteiger partial charge in [-0.1, -0.05) is 23.2 Å². The van der Waals surface area contributed by atoms with Gasteiger partial charge >= 0.3 is 0 Å². The van der Waals surface area contributed by atoms with Crippen LogP contribution in [0.3, 0.4) is 0 Å². The Hall–Kier alpha value is -3.53. The highest BCUT2D eigenvalue weighted by molar-refractivity contribution is 6.33. The summed E-state index contributed by atoms with van der Waals surface area (Å²) in [5.74, 6) is 1.52. The number of hydrogen-bond donors (Lipinski definition) is 0. The van der Waals surface area contributed by atoms with Crippen LogP contribution in [0.25, 0.3) is 0 Å². The predicted molar refractivity (Wildman–Crippen MR) is 149 cm³/mol. The van der Waals surface area contributed by atoms with Crippen LogP contribution < -0.4 is 14.4 Å². The maximum Gasteiger partial charge on any atom is 0.261 e. The number of rotatable bonds is 6. The molecule has 5 heterocycles. The first-order valence-electron chi connectivity index (χ1n) is 12.7. The van der Waals surface area contributed by atoms with E-state index in [1.165, 1.54) is 0 Å². The van der Waals surface area contributed by atoms with Gasteiger partial charge in [0.1, 0.15) is 17.6 Å². The Morgan fingerprint density at radius 3 is 2.74 bits per heavy atom. The number of nitrogens with zero attached hydrogens (tertiary/aromatic N) is 5. The van der Waals surface area contributed by atoms with Crippen LogP contribution in [0, 0.1) is 0 Å². The number of morpholine rings is 1. The molecule has 4 aliphatic rings. The Morgan fingerprint density at radius 1 is 1.15 bits per heavy atom. The van der Waals surface area contributed by atoms with E-state index >= 15 is 0 Å². The van der Waals surface area contributed by atoms with E-state index < -0.39 is 0 Å². The Labute approximate surface area is 236 Å². The van der Waals surface area contributed by atoms with Crippen LogP contribution in [0.15, 0.2) is 76.7 Å². The van der Waals surface area contributed by atoms with Gasteiger partial charge in [0.2, 0.25) is 5.88 Å². The molecular weight excluding hydrogens is 541 g/mol. The number of hydrogen-bond acceptors (Lipinski definition) is 8. The van der Waals surface area contributed by atoms with Crippen molar-refractivity contribution < 1.29 is 19.0 Å². The summed E-state index contributed by atoms with van der Waals surface area (Å²) >= 11 is 12.8. The zero-order chi connectivity index (χ0) is 26.9. The van der Waals surface area contributed by atoms with Crippen LogP contribution in [-0.2, 0) is 9.53 Å². The fraction of sp³-hybridized carbons (Fsp3) is 0.321. The largest absolute Gasteiger partial charge is 0.482 e. The van der Waals surface area contributed by atoms with Gasteiger partial charge in [-0.15, -0.1) is 0 Å². The number of methoxy groups -OCH3 is 1. The van der Waals surface area contributed by atoms with Gasteiger partial charge in [0, 0.05) is 48.8 Å². The van der Waals surface area contributed by atoms with E-state index in [9.17, 15) is 4.79 Å². The molecule has 9 nitrogen and oxygen atoms in total. The number of pyridine rings is 1. The fourth-order valence-electron chi connectivity index (χ4n) is 5.25. The van der Waals surface area contributed by atoms with Crippen molar-refractivity contribution in [2.45, 2.75) is 12.1 Å². The summed E-state index contributed by atoms with van der Waals surface area (Å²) in [6.45, 7) is 3.20. The van der Waals surface area contributed by atoms with Gasteiger partial charge in [-0.2, -0.15) is 0 Å². The first-order valence-corrected chi connectivity index (χ1v) is 13.4. The van der Waals surface area contributed by atoms with Gasteiger partial charge in [0.25, 0.3) is 5.91 Å². The van der Waals surface area contributed by atoms with Crippen molar-refractivity contribution in [1.82, 2.24) is 14.8 Å². The smallest absolute Gasteiger partial charge is 0.261 e.